The van der Waals surface area contributed by atoms with E-state index in [2.05, 4.69) is 20.7 Å². The minimum absolute atomic E-state index is 0.211. The average Bonchev–Trinajstić information content (AvgIpc) is 3.27. The van der Waals surface area contributed by atoms with Crippen LogP contribution in [0.5, 0.6) is 17.2 Å². The first-order valence-electron chi connectivity index (χ1n) is 8.98. The molecule has 1 unspecified atom stereocenters. The summed E-state index contributed by atoms with van der Waals surface area (Å²) in [4.78, 5) is 13.8. The lowest BCUT2D eigenvalue weighted by Crippen LogP contribution is -2.31. The third-order valence-corrected chi connectivity index (χ3v) is 4.42. The van der Waals surface area contributed by atoms with Crippen molar-refractivity contribution < 1.29 is 19.0 Å². The van der Waals surface area contributed by atoms with Crippen LogP contribution in [0.15, 0.2) is 42.5 Å². The molecule has 0 spiro atoms. The zero-order valence-corrected chi connectivity index (χ0v) is 16.7. The van der Waals surface area contributed by atoms with Crippen LogP contribution in [0, 0.1) is 0 Å². The van der Waals surface area contributed by atoms with Gasteiger partial charge in [0.05, 0.1) is 21.3 Å². The molecule has 1 aromatic heterocycles. The van der Waals surface area contributed by atoms with Gasteiger partial charge in [0.2, 0.25) is 11.7 Å². The highest BCUT2D eigenvalue weighted by molar-refractivity contribution is 5.79. The number of ether oxygens (including phenoxy) is 3. The molecule has 3 aromatic rings. The van der Waals surface area contributed by atoms with Crippen LogP contribution in [-0.2, 0) is 11.3 Å². The van der Waals surface area contributed by atoms with E-state index in [0.29, 0.717) is 29.4 Å². The highest BCUT2D eigenvalue weighted by Gasteiger charge is 2.19. The van der Waals surface area contributed by atoms with E-state index >= 15 is 0 Å². The van der Waals surface area contributed by atoms with E-state index in [9.17, 15) is 4.79 Å². The number of aromatic nitrogens is 4. The van der Waals surface area contributed by atoms with Crippen molar-refractivity contribution in [2.24, 2.45) is 0 Å². The summed E-state index contributed by atoms with van der Waals surface area (Å²) in [7, 11) is 4.74. The second kappa shape index (κ2) is 9.05. The number of nitrogens with zero attached hydrogens (tertiary/aromatic N) is 4. The molecule has 0 saturated heterocycles. The van der Waals surface area contributed by atoms with Gasteiger partial charge in [0.25, 0.3) is 0 Å². The number of methoxy groups -OCH3 is 3. The molecule has 9 nitrogen and oxygen atoms in total. The summed E-state index contributed by atoms with van der Waals surface area (Å²) < 4.78 is 15.7. The summed E-state index contributed by atoms with van der Waals surface area (Å²) in [6.45, 7) is 2.10. The Morgan fingerprint density at radius 2 is 1.76 bits per heavy atom. The number of amides is 1. The maximum atomic E-state index is 12.5. The van der Waals surface area contributed by atoms with Crippen LogP contribution >= 0.6 is 0 Å². The van der Waals surface area contributed by atoms with Crippen LogP contribution in [0.4, 0.5) is 0 Å². The Kier molecular flexibility index (Phi) is 6.28. The molecular formula is C20H23N5O4. The molecule has 9 heteroatoms. The molecule has 1 atom stereocenters. The first-order valence-corrected chi connectivity index (χ1v) is 8.98. The largest absolute Gasteiger partial charge is 0.497 e. The zero-order valence-electron chi connectivity index (χ0n) is 16.7. The number of hydrogen-bond donors (Lipinski definition) is 1. The van der Waals surface area contributed by atoms with Crippen molar-refractivity contribution in [1.82, 2.24) is 25.5 Å². The molecule has 0 aliphatic rings. The Bertz CT molecular complexity index is 971. The number of rotatable bonds is 8. The van der Waals surface area contributed by atoms with Crippen molar-refractivity contribution in [1.29, 1.82) is 0 Å². The maximum Gasteiger partial charge on any atom is 0.246 e. The van der Waals surface area contributed by atoms with E-state index in [1.165, 1.54) is 4.80 Å². The lowest BCUT2D eigenvalue weighted by atomic mass is 10.2. The first-order chi connectivity index (χ1) is 14.0. The van der Waals surface area contributed by atoms with Gasteiger partial charge in [-0.2, -0.15) is 4.80 Å². The minimum Gasteiger partial charge on any atom is -0.497 e. The molecule has 1 N–H and O–H groups in total. The minimum atomic E-state index is -0.616. The molecule has 0 saturated carbocycles. The van der Waals surface area contributed by atoms with Crippen molar-refractivity contribution in [3.05, 3.63) is 48.0 Å². The summed E-state index contributed by atoms with van der Waals surface area (Å²) in [5, 5.41) is 15.3. The van der Waals surface area contributed by atoms with E-state index in [0.717, 1.165) is 11.3 Å². The van der Waals surface area contributed by atoms with Crippen LogP contribution in [0.2, 0.25) is 0 Å². The molecule has 0 aliphatic heterocycles. The Morgan fingerprint density at radius 1 is 1.03 bits per heavy atom. The molecular weight excluding hydrogens is 374 g/mol. The number of tetrazole rings is 1. The molecule has 152 valence electrons. The molecule has 0 aliphatic carbocycles. The molecule has 3 rings (SSSR count). The van der Waals surface area contributed by atoms with Crippen LogP contribution in [0.3, 0.4) is 0 Å². The monoisotopic (exact) mass is 397 g/mol. The van der Waals surface area contributed by atoms with Crippen molar-refractivity contribution >= 4 is 5.91 Å². The van der Waals surface area contributed by atoms with E-state index in [-0.39, 0.29) is 5.91 Å². The van der Waals surface area contributed by atoms with Crippen LogP contribution in [0.1, 0.15) is 18.5 Å². The predicted molar refractivity (Wildman–Crippen MR) is 106 cm³/mol. The van der Waals surface area contributed by atoms with E-state index in [1.54, 1.807) is 46.5 Å². The number of hydrogen-bond acceptors (Lipinski definition) is 7. The fraction of sp³-hybridized carbons (Fsp3) is 0.300. The molecule has 1 heterocycles. The van der Waals surface area contributed by atoms with Gasteiger partial charge in [-0.05, 0) is 48.0 Å². The quantitative estimate of drug-likeness (QED) is 0.622. The highest BCUT2D eigenvalue weighted by atomic mass is 16.5. The Morgan fingerprint density at radius 3 is 2.41 bits per heavy atom. The fourth-order valence-corrected chi connectivity index (χ4v) is 2.67. The third kappa shape index (κ3) is 4.63. The van der Waals surface area contributed by atoms with Gasteiger partial charge in [0, 0.05) is 12.1 Å². The van der Waals surface area contributed by atoms with Crippen LogP contribution in [0.25, 0.3) is 11.4 Å². The van der Waals surface area contributed by atoms with Crippen molar-refractivity contribution in [2.45, 2.75) is 19.5 Å². The second-order valence-corrected chi connectivity index (χ2v) is 6.25. The van der Waals surface area contributed by atoms with Gasteiger partial charge in [-0.1, -0.05) is 12.1 Å². The molecule has 0 radical (unpaired) electrons. The van der Waals surface area contributed by atoms with Gasteiger partial charge >= 0.3 is 0 Å². The normalized spacial score (nSPS) is 11.6. The van der Waals surface area contributed by atoms with E-state index < -0.39 is 6.04 Å². The van der Waals surface area contributed by atoms with E-state index in [4.69, 9.17) is 14.2 Å². The number of nitrogens with one attached hydrogen (secondary N) is 1. The summed E-state index contributed by atoms with van der Waals surface area (Å²) in [6, 6.07) is 12.2. The molecule has 0 fully saturated rings. The summed E-state index contributed by atoms with van der Waals surface area (Å²) >= 11 is 0. The second-order valence-electron chi connectivity index (χ2n) is 6.25. The Labute approximate surface area is 168 Å². The zero-order chi connectivity index (χ0) is 20.8. The standard InChI is InChI=1S/C20H23N5O4/c1-13(20(26)21-12-14-5-8-16(27-2)9-6-14)25-23-19(22-24-25)15-7-10-17(28-3)18(11-15)29-4/h5-11,13H,12H2,1-4H3,(H,21,26). The maximum absolute atomic E-state index is 12.5. The van der Waals surface area contributed by atoms with Crippen LogP contribution in [-0.4, -0.2) is 47.4 Å². The number of benzene rings is 2. The van der Waals surface area contributed by atoms with Gasteiger partial charge in [-0.3, -0.25) is 4.79 Å². The number of carbonyl (C=O) groups excluding carboxylic acids is 1. The van der Waals surface area contributed by atoms with Gasteiger partial charge in [-0.15, -0.1) is 10.2 Å². The van der Waals surface area contributed by atoms with Gasteiger partial charge in [0.1, 0.15) is 11.8 Å². The van der Waals surface area contributed by atoms with Gasteiger partial charge in [-0.25, -0.2) is 0 Å². The van der Waals surface area contributed by atoms with Crippen molar-refractivity contribution in [2.75, 3.05) is 21.3 Å². The number of carbonyl (C=O) groups is 1. The van der Waals surface area contributed by atoms with Crippen molar-refractivity contribution in [3.8, 4) is 28.6 Å². The lowest BCUT2D eigenvalue weighted by molar-refractivity contribution is -0.124. The van der Waals surface area contributed by atoms with Crippen molar-refractivity contribution in [3.63, 3.8) is 0 Å². The van der Waals surface area contributed by atoms with Gasteiger partial charge < -0.3 is 19.5 Å². The highest BCUT2D eigenvalue weighted by Crippen LogP contribution is 2.30. The smallest absolute Gasteiger partial charge is 0.246 e. The molecule has 29 heavy (non-hydrogen) atoms. The van der Waals surface area contributed by atoms with Gasteiger partial charge in [0.15, 0.2) is 11.5 Å². The average molecular weight is 397 g/mol. The Balaban J connectivity index is 1.66. The Hall–Kier alpha value is -3.62. The SMILES string of the molecule is COc1ccc(CNC(=O)C(C)n2nnc(-c3ccc(OC)c(OC)c3)n2)cc1. The molecule has 2 aromatic carbocycles. The molecule has 1 amide bonds. The summed E-state index contributed by atoms with van der Waals surface area (Å²) in [5.74, 6) is 2.11. The first kappa shape index (κ1) is 20.1. The topological polar surface area (TPSA) is 100 Å². The van der Waals surface area contributed by atoms with Crippen LogP contribution < -0.4 is 19.5 Å². The molecule has 0 bridgehead atoms. The van der Waals surface area contributed by atoms with E-state index in [1.807, 2.05) is 24.3 Å². The fourth-order valence-electron chi connectivity index (χ4n) is 2.67. The summed E-state index contributed by atoms with van der Waals surface area (Å²) in [6.07, 6.45) is 0. The lowest BCUT2D eigenvalue weighted by Gasteiger charge is -2.11. The predicted octanol–water partition coefficient (Wildman–Crippen LogP) is 2.24. The third-order valence-electron chi connectivity index (χ3n) is 4.42. The summed E-state index contributed by atoms with van der Waals surface area (Å²) in [5.41, 5.74) is 1.67.